The molecule has 1 aromatic heterocycles. The number of carbonyl (C=O) groups is 3. The predicted molar refractivity (Wildman–Crippen MR) is 106 cm³/mol. The van der Waals surface area contributed by atoms with Crippen LogP contribution >= 0.6 is 11.3 Å². The van der Waals surface area contributed by atoms with Gasteiger partial charge in [0.2, 0.25) is 0 Å². The largest absolute Gasteiger partial charge is 0.465 e. The molecular weight excluding hydrogens is 378 g/mol. The molecule has 1 saturated carbocycles. The molecular formula is C20H21N3O4S. The number of hydrogen-bond donors (Lipinski definition) is 2. The summed E-state index contributed by atoms with van der Waals surface area (Å²) in [5.74, 6) is -0.293. The van der Waals surface area contributed by atoms with Crippen LogP contribution in [0.15, 0.2) is 41.8 Å². The van der Waals surface area contributed by atoms with Crippen LogP contribution in [0.1, 0.15) is 32.9 Å². The van der Waals surface area contributed by atoms with Crippen molar-refractivity contribution in [1.82, 2.24) is 10.2 Å². The van der Waals surface area contributed by atoms with Crippen LogP contribution in [0, 0.1) is 5.92 Å². The zero-order chi connectivity index (χ0) is 19.7. The number of rotatable bonds is 4. The number of likely N-dealkylation sites (tertiary alicyclic amines) is 1. The van der Waals surface area contributed by atoms with Crippen molar-refractivity contribution >= 4 is 34.9 Å². The van der Waals surface area contributed by atoms with Crippen LogP contribution in [0.4, 0.5) is 10.5 Å². The Morgan fingerprint density at radius 3 is 2.61 bits per heavy atom. The van der Waals surface area contributed by atoms with Gasteiger partial charge in [0, 0.05) is 24.2 Å². The number of thiophene rings is 1. The molecule has 0 radical (unpaired) electrons. The molecule has 2 aromatic rings. The fourth-order valence-corrected chi connectivity index (χ4v) is 4.83. The van der Waals surface area contributed by atoms with E-state index in [2.05, 4.69) is 10.6 Å². The van der Waals surface area contributed by atoms with Crippen molar-refractivity contribution in [2.75, 3.05) is 19.0 Å². The minimum Gasteiger partial charge on any atom is -0.465 e. The molecule has 4 rings (SSSR count). The van der Waals surface area contributed by atoms with Gasteiger partial charge in [-0.05, 0) is 42.3 Å². The lowest BCUT2D eigenvalue weighted by atomic mass is 10.0. The Bertz CT molecular complexity index is 898. The molecule has 28 heavy (non-hydrogen) atoms. The average Bonchev–Trinajstić information content (AvgIpc) is 3.43. The maximum atomic E-state index is 12.7. The van der Waals surface area contributed by atoms with Crippen LogP contribution in [-0.2, 0) is 4.74 Å². The molecule has 3 amide bonds. The van der Waals surface area contributed by atoms with Gasteiger partial charge in [0.1, 0.15) is 4.88 Å². The van der Waals surface area contributed by atoms with Gasteiger partial charge in [-0.1, -0.05) is 18.2 Å². The summed E-state index contributed by atoms with van der Waals surface area (Å²) in [6.45, 7) is 0.591. The molecule has 146 valence electrons. The van der Waals surface area contributed by atoms with Crippen molar-refractivity contribution in [2.24, 2.45) is 5.92 Å². The van der Waals surface area contributed by atoms with Gasteiger partial charge in [-0.15, -0.1) is 11.3 Å². The van der Waals surface area contributed by atoms with Crippen molar-refractivity contribution in [3.05, 3.63) is 52.2 Å². The zero-order valence-electron chi connectivity index (χ0n) is 15.4. The highest BCUT2D eigenvalue weighted by molar-refractivity contribution is 7.12. The third-order valence-electron chi connectivity index (χ3n) is 5.43. The monoisotopic (exact) mass is 399 g/mol. The predicted octanol–water partition coefficient (Wildman–Crippen LogP) is 2.96. The summed E-state index contributed by atoms with van der Waals surface area (Å²) in [6.07, 6.45) is 1.62. The summed E-state index contributed by atoms with van der Waals surface area (Å²) in [5.41, 5.74) is 1.12. The van der Waals surface area contributed by atoms with Gasteiger partial charge in [0.15, 0.2) is 0 Å². The van der Waals surface area contributed by atoms with E-state index >= 15 is 0 Å². The van der Waals surface area contributed by atoms with E-state index in [0.717, 1.165) is 12.8 Å². The molecule has 7 nitrogen and oxygen atoms in total. The number of urea groups is 1. The number of nitrogens with zero attached hydrogens (tertiary/aromatic N) is 1. The number of fused-ring (bicyclic) bond motifs is 2. The first-order valence-electron chi connectivity index (χ1n) is 9.16. The Hall–Kier alpha value is -2.87. The minimum absolute atomic E-state index is 0.0739. The maximum Gasteiger partial charge on any atom is 0.350 e. The van der Waals surface area contributed by atoms with Crippen LogP contribution in [0.3, 0.4) is 0 Å². The second-order valence-electron chi connectivity index (χ2n) is 7.07. The molecule has 2 bridgehead atoms. The number of hydrogen-bond acceptors (Lipinski definition) is 5. The molecule has 2 fully saturated rings. The lowest BCUT2D eigenvalue weighted by Gasteiger charge is -2.32. The van der Waals surface area contributed by atoms with Crippen molar-refractivity contribution in [2.45, 2.75) is 24.9 Å². The summed E-state index contributed by atoms with van der Waals surface area (Å²) < 4.78 is 4.75. The summed E-state index contributed by atoms with van der Waals surface area (Å²) in [5, 5.41) is 7.67. The average molecular weight is 399 g/mol. The normalized spacial score (nSPS) is 22.8. The Balaban J connectivity index is 1.35. The molecule has 3 unspecified atom stereocenters. The Morgan fingerprint density at radius 2 is 1.93 bits per heavy atom. The molecule has 1 aliphatic carbocycles. The molecule has 1 saturated heterocycles. The number of amides is 3. The second kappa shape index (κ2) is 7.63. The van der Waals surface area contributed by atoms with Gasteiger partial charge >= 0.3 is 12.0 Å². The molecule has 3 atom stereocenters. The quantitative estimate of drug-likeness (QED) is 0.774. The third kappa shape index (κ3) is 3.47. The highest BCUT2D eigenvalue weighted by Gasteiger charge is 2.47. The van der Waals surface area contributed by atoms with Crippen molar-refractivity contribution in [3.63, 3.8) is 0 Å². The standard InChI is InChI=1S/C20H21N3O4S/c1-27-19(25)17-15(7-8-28-17)22-20(26)23-11-13-9-14(23)10-16(13)21-18(24)12-5-3-2-4-6-12/h2-8,13-14,16H,9-11H2,1H3,(H,21,24)(H,22,26). The highest BCUT2D eigenvalue weighted by Crippen LogP contribution is 2.38. The van der Waals surface area contributed by atoms with Gasteiger partial charge in [-0.2, -0.15) is 0 Å². The summed E-state index contributed by atoms with van der Waals surface area (Å²) in [6, 6.07) is 10.8. The molecule has 2 aliphatic rings. The van der Waals surface area contributed by atoms with Gasteiger partial charge in [-0.25, -0.2) is 9.59 Å². The van der Waals surface area contributed by atoms with E-state index in [0.29, 0.717) is 22.7 Å². The number of esters is 1. The first-order chi connectivity index (χ1) is 13.6. The van der Waals surface area contributed by atoms with Gasteiger partial charge < -0.3 is 20.3 Å². The zero-order valence-corrected chi connectivity index (χ0v) is 16.2. The van der Waals surface area contributed by atoms with E-state index < -0.39 is 5.97 Å². The lowest BCUT2D eigenvalue weighted by Crippen LogP contribution is -2.48. The Labute approximate surface area is 166 Å². The summed E-state index contributed by atoms with van der Waals surface area (Å²) in [7, 11) is 1.32. The second-order valence-corrected chi connectivity index (χ2v) is 7.98. The van der Waals surface area contributed by atoms with E-state index in [4.69, 9.17) is 4.74 Å². The van der Waals surface area contributed by atoms with E-state index in [9.17, 15) is 14.4 Å². The number of ether oxygens (including phenoxy) is 1. The molecule has 8 heteroatoms. The Kier molecular flexibility index (Phi) is 5.04. The first-order valence-corrected chi connectivity index (χ1v) is 10.0. The topological polar surface area (TPSA) is 87.7 Å². The SMILES string of the molecule is COC(=O)c1sccc1NC(=O)N1CC2CC1CC2NC(=O)c1ccccc1. The van der Waals surface area contributed by atoms with Crippen LogP contribution in [-0.4, -0.2) is 48.5 Å². The van der Waals surface area contributed by atoms with Crippen molar-refractivity contribution < 1.29 is 19.1 Å². The lowest BCUT2D eigenvalue weighted by molar-refractivity contribution is 0.0607. The fraction of sp³-hybridized carbons (Fsp3) is 0.350. The van der Waals surface area contributed by atoms with Crippen LogP contribution in [0.2, 0.25) is 0 Å². The van der Waals surface area contributed by atoms with Crippen LogP contribution in [0.25, 0.3) is 0 Å². The number of nitrogens with one attached hydrogen (secondary N) is 2. The number of piperidine rings is 1. The van der Waals surface area contributed by atoms with Crippen LogP contribution in [0.5, 0.6) is 0 Å². The maximum absolute atomic E-state index is 12.7. The number of methoxy groups -OCH3 is 1. The van der Waals surface area contributed by atoms with Gasteiger partial charge in [-0.3, -0.25) is 4.79 Å². The summed E-state index contributed by atoms with van der Waals surface area (Å²) in [4.78, 5) is 39.0. The van der Waals surface area contributed by atoms with Crippen LogP contribution < -0.4 is 10.6 Å². The summed E-state index contributed by atoms with van der Waals surface area (Å²) >= 11 is 1.23. The smallest absolute Gasteiger partial charge is 0.350 e. The van der Waals surface area contributed by atoms with E-state index in [1.165, 1.54) is 18.4 Å². The van der Waals surface area contributed by atoms with E-state index in [1.54, 1.807) is 28.5 Å². The van der Waals surface area contributed by atoms with E-state index in [1.807, 2.05) is 18.2 Å². The highest BCUT2D eigenvalue weighted by atomic mass is 32.1. The molecule has 2 heterocycles. The molecule has 2 N–H and O–H groups in total. The number of carbonyl (C=O) groups excluding carboxylic acids is 3. The fourth-order valence-electron chi connectivity index (χ4n) is 4.07. The molecule has 1 aliphatic heterocycles. The third-order valence-corrected chi connectivity index (χ3v) is 6.33. The number of benzene rings is 1. The van der Waals surface area contributed by atoms with Crippen molar-refractivity contribution in [3.8, 4) is 0 Å². The van der Waals surface area contributed by atoms with Gasteiger partial charge in [0.05, 0.1) is 12.8 Å². The minimum atomic E-state index is -0.461. The van der Waals surface area contributed by atoms with E-state index in [-0.39, 0.29) is 29.9 Å². The number of anilines is 1. The van der Waals surface area contributed by atoms with Gasteiger partial charge in [0.25, 0.3) is 5.91 Å². The first kappa shape index (κ1) is 18.5. The Morgan fingerprint density at radius 1 is 1.14 bits per heavy atom. The van der Waals surface area contributed by atoms with Crippen molar-refractivity contribution in [1.29, 1.82) is 0 Å². The molecule has 1 aromatic carbocycles. The molecule has 0 spiro atoms.